The molecule has 1 rings (SSSR count). The third-order valence-electron chi connectivity index (χ3n) is 5.39. The number of ether oxygens (including phenoxy) is 1. The van der Waals surface area contributed by atoms with Crippen LogP contribution in [0.5, 0.6) is 5.75 Å². The Bertz CT molecular complexity index is 585. The van der Waals surface area contributed by atoms with Crippen molar-refractivity contribution in [2.75, 3.05) is 26.4 Å². The summed E-state index contributed by atoms with van der Waals surface area (Å²) in [7, 11) is -2.71. The molecule has 0 radical (unpaired) electrons. The summed E-state index contributed by atoms with van der Waals surface area (Å²) in [5.74, 6) is 0.727. The lowest BCUT2D eigenvalue weighted by Gasteiger charge is -2.29. The van der Waals surface area contributed by atoms with Crippen LogP contribution in [-0.2, 0) is 18.1 Å². The van der Waals surface area contributed by atoms with Gasteiger partial charge in [0.05, 0.1) is 0 Å². The fraction of sp³-hybridized carbons (Fsp3) is 0.731. The summed E-state index contributed by atoms with van der Waals surface area (Å²) in [6, 6.07) is 10.3. The van der Waals surface area contributed by atoms with Crippen LogP contribution in [0.4, 0.5) is 0 Å². The number of unbranched alkanes of at least 4 members (excludes halogenated alkanes) is 6. The molecule has 1 unspecified atom stereocenters. The first-order valence-corrected chi connectivity index (χ1v) is 15.7. The zero-order valence-electron chi connectivity index (χ0n) is 21.3. The second-order valence-corrected chi connectivity index (χ2v) is 12.2. The molecule has 33 heavy (non-hydrogen) atoms. The van der Waals surface area contributed by atoms with E-state index in [4.69, 9.17) is 18.0 Å². The quantitative estimate of drug-likeness (QED) is 0.131. The molecular weight excluding hydrogens is 452 g/mol. The third-order valence-corrected chi connectivity index (χ3v) is 9.66. The number of benzene rings is 1. The van der Waals surface area contributed by atoms with Crippen LogP contribution in [0.25, 0.3) is 0 Å². The van der Waals surface area contributed by atoms with Crippen LogP contribution < -0.4 is 4.74 Å². The van der Waals surface area contributed by atoms with E-state index in [2.05, 4.69) is 6.92 Å². The Morgan fingerprint density at radius 3 is 1.97 bits per heavy atom. The van der Waals surface area contributed by atoms with Crippen LogP contribution >= 0.6 is 11.8 Å². The predicted octanol–water partition coefficient (Wildman–Crippen LogP) is 7.27. The van der Waals surface area contributed by atoms with Gasteiger partial charge in [-0.05, 0) is 45.7 Å². The van der Waals surface area contributed by atoms with Gasteiger partial charge in [0, 0.05) is 31.1 Å². The molecule has 0 saturated heterocycles. The van der Waals surface area contributed by atoms with Crippen molar-refractivity contribution in [1.82, 2.24) is 0 Å². The van der Waals surface area contributed by atoms with Crippen molar-refractivity contribution in [2.24, 2.45) is 0 Å². The molecule has 1 atom stereocenters. The van der Waals surface area contributed by atoms with Gasteiger partial charge in [-0.25, -0.2) is 0 Å². The number of rotatable bonds is 21. The second-order valence-electron chi connectivity index (χ2n) is 8.14. The molecule has 1 aromatic carbocycles. The van der Waals surface area contributed by atoms with E-state index in [9.17, 15) is 4.79 Å². The van der Waals surface area contributed by atoms with Crippen molar-refractivity contribution in [3.05, 3.63) is 30.3 Å². The first kappa shape index (κ1) is 30.2. The van der Waals surface area contributed by atoms with Gasteiger partial charge in [-0.3, -0.25) is 4.79 Å². The SMILES string of the molecule is CCCCCCCCCC(CC[Si](OCC)(OCC)OCC)SC(=O)COc1ccccc1. The van der Waals surface area contributed by atoms with Gasteiger partial charge in [-0.15, -0.1) is 0 Å². The Labute approximate surface area is 207 Å². The first-order valence-electron chi connectivity index (χ1n) is 12.9. The predicted molar refractivity (Wildman–Crippen MR) is 141 cm³/mol. The van der Waals surface area contributed by atoms with Crippen molar-refractivity contribution in [3.8, 4) is 5.75 Å². The maximum atomic E-state index is 12.7. The maximum absolute atomic E-state index is 12.7. The minimum atomic E-state index is -2.71. The lowest BCUT2D eigenvalue weighted by Crippen LogP contribution is -2.46. The molecule has 190 valence electrons. The van der Waals surface area contributed by atoms with Gasteiger partial charge in [0.15, 0.2) is 6.61 Å². The Hall–Kier alpha value is -0.863. The molecule has 0 aliphatic carbocycles. The number of hydrogen-bond donors (Lipinski definition) is 0. The molecule has 0 aliphatic rings. The molecule has 0 aromatic heterocycles. The molecule has 0 aliphatic heterocycles. The number of carbonyl (C=O) groups excluding carboxylic acids is 1. The molecule has 0 fully saturated rings. The zero-order chi connectivity index (χ0) is 24.2. The van der Waals surface area contributed by atoms with Gasteiger partial charge in [-0.2, -0.15) is 0 Å². The summed E-state index contributed by atoms with van der Waals surface area (Å²) in [6.07, 6.45) is 10.7. The minimum Gasteiger partial charge on any atom is -0.485 e. The summed E-state index contributed by atoms with van der Waals surface area (Å²) in [5, 5.41) is 0.295. The first-order chi connectivity index (χ1) is 16.1. The van der Waals surface area contributed by atoms with Gasteiger partial charge >= 0.3 is 8.80 Å². The highest BCUT2D eigenvalue weighted by atomic mass is 32.2. The summed E-state index contributed by atoms with van der Waals surface area (Å²) in [6.45, 7) is 10.0. The van der Waals surface area contributed by atoms with Gasteiger partial charge in [0.2, 0.25) is 5.12 Å². The van der Waals surface area contributed by atoms with Gasteiger partial charge in [0.1, 0.15) is 5.75 Å². The fourth-order valence-corrected chi connectivity index (χ4v) is 7.74. The number of para-hydroxylation sites is 1. The Morgan fingerprint density at radius 2 is 1.39 bits per heavy atom. The molecule has 0 heterocycles. The molecule has 0 N–H and O–H groups in total. The summed E-state index contributed by atoms with van der Waals surface area (Å²) in [5.41, 5.74) is 0. The maximum Gasteiger partial charge on any atom is 0.500 e. The van der Waals surface area contributed by atoms with Gasteiger partial charge in [0.25, 0.3) is 0 Å². The monoisotopic (exact) mass is 498 g/mol. The normalized spacial score (nSPS) is 12.6. The molecule has 0 amide bonds. The number of carbonyl (C=O) groups is 1. The topological polar surface area (TPSA) is 54.0 Å². The lowest BCUT2D eigenvalue weighted by molar-refractivity contribution is -0.112. The molecule has 1 aromatic rings. The van der Waals surface area contributed by atoms with Gasteiger partial charge < -0.3 is 18.0 Å². The van der Waals surface area contributed by atoms with Crippen LogP contribution in [0.2, 0.25) is 6.04 Å². The highest BCUT2D eigenvalue weighted by Crippen LogP contribution is 2.29. The van der Waals surface area contributed by atoms with Crippen LogP contribution in [0.3, 0.4) is 0 Å². The van der Waals surface area contributed by atoms with E-state index in [0.717, 1.165) is 31.1 Å². The van der Waals surface area contributed by atoms with Crippen molar-refractivity contribution in [2.45, 2.75) is 96.8 Å². The van der Waals surface area contributed by atoms with Gasteiger partial charge in [-0.1, -0.05) is 81.8 Å². The van der Waals surface area contributed by atoms with E-state index in [1.54, 1.807) is 0 Å². The zero-order valence-corrected chi connectivity index (χ0v) is 23.1. The number of hydrogen-bond acceptors (Lipinski definition) is 6. The molecular formula is C26H46O5SSi. The molecule has 0 saturated carbocycles. The summed E-state index contributed by atoms with van der Waals surface area (Å²) in [4.78, 5) is 12.7. The standard InChI is InChI=1S/C26H46O5SSi/c1-5-9-10-11-12-13-17-20-25(21-22-33(29-6-2,30-7-3)31-8-4)32-26(27)23-28-24-18-15-14-16-19-24/h14-16,18-19,25H,5-13,17,20-23H2,1-4H3. The summed E-state index contributed by atoms with van der Waals surface area (Å²) >= 11 is 1.42. The molecule has 5 nitrogen and oxygen atoms in total. The van der Waals surface area contributed by atoms with Crippen molar-refractivity contribution < 1.29 is 22.8 Å². The Balaban J connectivity index is 2.63. The summed E-state index contributed by atoms with van der Waals surface area (Å²) < 4.78 is 23.8. The molecule has 0 bridgehead atoms. The molecule has 7 heteroatoms. The third kappa shape index (κ3) is 14.2. The fourth-order valence-electron chi connectivity index (χ4n) is 3.81. The average Bonchev–Trinajstić information content (AvgIpc) is 2.81. The van der Waals surface area contributed by atoms with E-state index in [0.29, 0.717) is 19.8 Å². The average molecular weight is 499 g/mol. The van der Waals surface area contributed by atoms with E-state index in [1.165, 1.54) is 50.3 Å². The molecule has 0 spiro atoms. The minimum absolute atomic E-state index is 0.0725. The number of thioether (sulfide) groups is 1. The van der Waals surface area contributed by atoms with E-state index >= 15 is 0 Å². The van der Waals surface area contributed by atoms with Crippen molar-refractivity contribution in [3.63, 3.8) is 0 Å². The smallest absolute Gasteiger partial charge is 0.485 e. The van der Waals surface area contributed by atoms with Crippen LogP contribution in [0, 0.1) is 0 Å². The van der Waals surface area contributed by atoms with E-state index < -0.39 is 8.80 Å². The van der Waals surface area contributed by atoms with Crippen LogP contribution in [0.1, 0.15) is 85.5 Å². The van der Waals surface area contributed by atoms with Crippen LogP contribution in [-0.4, -0.2) is 45.6 Å². The Morgan fingerprint density at radius 1 is 0.818 bits per heavy atom. The highest BCUT2D eigenvalue weighted by Gasteiger charge is 2.40. The van der Waals surface area contributed by atoms with Crippen molar-refractivity contribution in [1.29, 1.82) is 0 Å². The lowest BCUT2D eigenvalue weighted by atomic mass is 10.1. The van der Waals surface area contributed by atoms with Crippen LogP contribution in [0.15, 0.2) is 30.3 Å². The second kappa shape index (κ2) is 19.4. The van der Waals surface area contributed by atoms with Crippen molar-refractivity contribution >= 4 is 25.7 Å². The van der Waals surface area contributed by atoms with E-state index in [1.807, 2.05) is 51.1 Å². The highest BCUT2D eigenvalue weighted by molar-refractivity contribution is 8.14. The van der Waals surface area contributed by atoms with E-state index in [-0.39, 0.29) is 17.0 Å². The Kier molecular flexibility index (Phi) is 17.8. The largest absolute Gasteiger partial charge is 0.500 e.